The number of amides is 2. The van der Waals surface area contributed by atoms with E-state index in [-0.39, 0.29) is 22.6 Å². The number of piperidine rings is 2. The van der Waals surface area contributed by atoms with Gasteiger partial charge in [-0.1, -0.05) is 27.2 Å². The van der Waals surface area contributed by atoms with Crippen LogP contribution in [0.2, 0.25) is 0 Å². The Morgan fingerprint density at radius 2 is 1.79 bits per heavy atom. The Bertz CT molecular complexity index is 965. The van der Waals surface area contributed by atoms with Gasteiger partial charge >= 0.3 is 0 Å². The third-order valence-corrected chi connectivity index (χ3v) is 8.08. The molecule has 2 heterocycles. The van der Waals surface area contributed by atoms with Crippen LogP contribution in [0.15, 0.2) is 23.1 Å². The summed E-state index contributed by atoms with van der Waals surface area (Å²) >= 11 is 0. The molecule has 3 rings (SSSR count). The van der Waals surface area contributed by atoms with Crippen molar-refractivity contribution >= 4 is 27.5 Å². The summed E-state index contributed by atoms with van der Waals surface area (Å²) in [5.74, 6) is -0.122. The summed E-state index contributed by atoms with van der Waals surface area (Å²) < 4.78 is 33.4. The summed E-state index contributed by atoms with van der Waals surface area (Å²) in [4.78, 5) is 27.7. The van der Waals surface area contributed by atoms with Gasteiger partial charge in [-0.25, -0.2) is 8.42 Å². The molecule has 33 heavy (non-hydrogen) atoms. The van der Waals surface area contributed by atoms with Crippen LogP contribution < -0.4 is 10.1 Å². The fraction of sp³-hybridized carbons (Fsp3) is 0.667. The first-order valence-corrected chi connectivity index (χ1v) is 13.3. The minimum absolute atomic E-state index is 0.0321. The van der Waals surface area contributed by atoms with Gasteiger partial charge in [0.15, 0.2) is 0 Å². The van der Waals surface area contributed by atoms with E-state index in [0.29, 0.717) is 50.6 Å². The van der Waals surface area contributed by atoms with E-state index in [1.165, 1.54) is 16.4 Å². The van der Waals surface area contributed by atoms with Crippen LogP contribution in [0.1, 0.15) is 59.8 Å². The highest BCUT2D eigenvalue weighted by atomic mass is 32.2. The van der Waals surface area contributed by atoms with Crippen molar-refractivity contribution in [3.63, 3.8) is 0 Å². The van der Waals surface area contributed by atoms with Gasteiger partial charge in [0.05, 0.1) is 23.1 Å². The molecule has 0 saturated carbocycles. The first-order chi connectivity index (χ1) is 15.5. The van der Waals surface area contributed by atoms with Crippen LogP contribution in [0.5, 0.6) is 5.75 Å². The van der Waals surface area contributed by atoms with Gasteiger partial charge in [-0.3, -0.25) is 9.59 Å². The van der Waals surface area contributed by atoms with E-state index in [9.17, 15) is 18.0 Å². The van der Waals surface area contributed by atoms with Crippen LogP contribution in [-0.4, -0.2) is 62.2 Å². The Morgan fingerprint density at radius 1 is 1.09 bits per heavy atom. The summed E-state index contributed by atoms with van der Waals surface area (Å²) in [6.45, 7) is 9.88. The molecule has 1 unspecified atom stereocenters. The molecule has 8 nitrogen and oxygen atoms in total. The zero-order chi connectivity index (χ0) is 24.2. The third-order valence-electron chi connectivity index (χ3n) is 6.18. The van der Waals surface area contributed by atoms with Crippen LogP contribution in [0.25, 0.3) is 0 Å². The van der Waals surface area contributed by atoms with Crippen LogP contribution in [0.3, 0.4) is 0 Å². The lowest BCUT2D eigenvalue weighted by Gasteiger charge is -2.36. The number of anilines is 1. The van der Waals surface area contributed by atoms with Crippen LogP contribution in [0, 0.1) is 11.3 Å². The lowest BCUT2D eigenvalue weighted by atomic mass is 9.91. The molecule has 1 aromatic carbocycles. The number of sulfonamides is 1. The Hall–Kier alpha value is -2.13. The zero-order valence-electron chi connectivity index (χ0n) is 20.2. The van der Waals surface area contributed by atoms with Crippen molar-refractivity contribution in [1.29, 1.82) is 0 Å². The topological polar surface area (TPSA) is 96.0 Å². The third kappa shape index (κ3) is 6.06. The quantitative estimate of drug-likeness (QED) is 0.674. The number of carbonyl (C=O) groups excluding carboxylic acids is 2. The van der Waals surface area contributed by atoms with Gasteiger partial charge in [-0.05, 0) is 50.8 Å². The van der Waals surface area contributed by atoms with Gasteiger partial charge in [0.1, 0.15) is 5.75 Å². The average molecular weight is 480 g/mol. The number of ether oxygens (including phenoxy) is 1. The normalized spacial score (nSPS) is 20.4. The molecule has 2 aliphatic heterocycles. The number of nitrogens with one attached hydrogen (secondary N) is 1. The summed E-state index contributed by atoms with van der Waals surface area (Å²) in [5, 5.41) is 2.89. The van der Waals surface area contributed by atoms with Gasteiger partial charge in [0.25, 0.3) is 0 Å². The molecule has 2 fully saturated rings. The standard InChI is InChI=1S/C24H37N3O5S/c1-5-32-21-12-11-19(33(30,31)27-14-7-6-8-15-27)16-20(21)25-22(28)18-10-9-13-26(17-18)23(29)24(2,3)4/h11-12,16,18H,5-10,13-15,17H2,1-4H3,(H,25,28). The highest BCUT2D eigenvalue weighted by Crippen LogP contribution is 2.32. The van der Waals surface area contributed by atoms with Crippen molar-refractivity contribution in [2.75, 3.05) is 38.1 Å². The van der Waals surface area contributed by atoms with E-state index in [0.717, 1.165) is 25.7 Å². The van der Waals surface area contributed by atoms with Gasteiger partial charge in [-0.2, -0.15) is 4.31 Å². The van der Waals surface area contributed by atoms with Crippen molar-refractivity contribution < 1.29 is 22.7 Å². The first-order valence-electron chi connectivity index (χ1n) is 11.9. The minimum Gasteiger partial charge on any atom is -0.492 e. The molecule has 184 valence electrons. The Morgan fingerprint density at radius 3 is 2.42 bits per heavy atom. The molecule has 0 aliphatic carbocycles. The van der Waals surface area contributed by atoms with Crippen molar-refractivity contribution in [3.8, 4) is 5.75 Å². The minimum atomic E-state index is -3.64. The smallest absolute Gasteiger partial charge is 0.243 e. The first kappa shape index (κ1) is 25.5. The molecule has 0 bridgehead atoms. The average Bonchev–Trinajstić information content (AvgIpc) is 2.79. The summed E-state index contributed by atoms with van der Waals surface area (Å²) in [5.41, 5.74) is -0.156. The number of likely N-dealkylation sites (tertiary alicyclic amines) is 1. The summed E-state index contributed by atoms with van der Waals surface area (Å²) in [7, 11) is -3.64. The summed E-state index contributed by atoms with van der Waals surface area (Å²) in [6, 6.07) is 4.63. The molecule has 2 aliphatic rings. The second-order valence-electron chi connectivity index (χ2n) is 9.89. The molecular formula is C24H37N3O5S. The fourth-order valence-corrected chi connectivity index (χ4v) is 5.93. The van der Waals surface area contributed by atoms with Crippen LogP contribution in [0.4, 0.5) is 5.69 Å². The van der Waals surface area contributed by atoms with E-state index in [4.69, 9.17) is 4.74 Å². The lowest BCUT2D eigenvalue weighted by molar-refractivity contribution is -0.142. The number of hydrogen-bond acceptors (Lipinski definition) is 5. The van der Waals surface area contributed by atoms with Gasteiger partial charge in [-0.15, -0.1) is 0 Å². The largest absolute Gasteiger partial charge is 0.492 e. The molecule has 2 amide bonds. The van der Waals surface area contributed by atoms with Crippen molar-refractivity contribution in [1.82, 2.24) is 9.21 Å². The van der Waals surface area contributed by atoms with Crippen molar-refractivity contribution in [2.24, 2.45) is 11.3 Å². The maximum absolute atomic E-state index is 13.1. The maximum Gasteiger partial charge on any atom is 0.243 e. The Labute approximate surface area is 197 Å². The molecule has 1 atom stereocenters. The molecule has 1 aromatic rings. The van der Waals surface area contributed by atoms with Gasteiger partial charge < -0.3 is 15.0 Å². The van der Waals surface area contributed by atoms with E-state index in [1.807, 2.05) is 27.7 Å². The van der Waals surface area contributed by atoms with Gasteiger partial charge in [0, 0.05) is 31.6 Å². The monoisotopic (exact) mass is 479 g/mol. The number of hydrogen-bond donors (Lipinski definition) is 1. The second-order valence-corrected chi connectivity index (χ2v) is 11.8. The molecule has 2 saturated heterocycles. The van der Waals surface area contributed by atoms with Crippen LogP contribution in [-0.2, 0) is 19.6 Å². The highest BCUT2D eigenvalue weighted by molar-refractivity contribution is 7.89. The van der Waals surface area contributed by atoms with Crippen molar-refractivity contribution in [2.45, 2.75) is 64.7 Å². The molecule has 9 heteroatoms. The lowest BCUT2D eigenvalue weighted by Crippen LogP contribution is -2.47. The molecule has 0 aromatic heterocycles. The molecule has 0 spiro atoms. The fourth-order valence-electron chi connectivity index (χ4n) is 4.39. The highest BCUT2D eigenvalue weighted by Gasteiger charge is 2.34. The number of benzene rings is 1. The van der Waals surface area contributed by atoms with Crippen LogP contribution >= 0.6 is 0 Å². The van der Waals surface area contributed by atoms with E-state index in [1.54, 1.807) is 11.0 Å². The predicted molar refractivity (Wildman–Crippen MR) is 128 cm³/mol. The van der Waals surface area contributed by atoms with E-state index >= 15 is 0 Å². The predicted octanol–water partition coefficient (Wildman–Crippen LogP) is 3.48. The molecule has 1 N–H and O–H groups in total. The van der Waals surface area contributed by atoms with Crippen molar-refractivity contribution in [3.05, 3.63) is 18.2 Å². The van der Waals surface area contributed by atoms with E-state index in [2.05, 4.69) is 5.32 Å². The maximum atomic E-state index is 13.1. The second kappa shape index (κ2) is 10.4. The van der Waals surface area contributed by atoms with Gasteiger partial charge in [0.2, 0.25) is 21.8 Å². The number of nitrogens with zero attached hydrogens (tertiary/aromatic N) is 2. The molecule has 0 radical (unpaired) electrons. The van der Waals surface area contributed by atoms with E-state index < -0.39 is 15.4 Å². The zero-order valence-corrected chi connectivity index (χ0v) is 21.0. The SMILES string of the molecule is CCOc1ccc(S(=O)(=O)N2CCCCC2)cc1NC(=O)C1CCCN(C(=O)C(C)(C)C)C1. The Balaban J connectivity index is 1.80. The number of rotatable bonds is 6. The summed E-state index contributed by atoms with van der Waals surface area (Å²) in [6.07, 6.45) is 4.17. The molecular weight excluding hydrogens is 442 g/mol. The number of carbonyl (C=O) groups is 2. The Kier molecular flexibility index (Phi) is 8.05.